The molecule has 0 saturated carbocycles. The first kappa shape index (κ1) is 12.5. The Kier molecular flexibility index (Phi) is 2.79. The van der Waals surface area contributed by atoms with Crippen LogP contribution < -0.4 is 14.8 Å². The third-order valence-corrected chi connectivity index (χ3v) is 4.07. The van der Waals surface area contributed by atoms with E-state index in [-0.39, 0.29) is 18.6 Å². The Morgan fingerprint density at radius 2 is 1.95 bits per heavy atom. The molecule has 2 aromatic carbocycles. The molecule has 1 amide bonds. The number of carbonyl (C=O) groups is 1. The molecule has 5 heteroatoms. The second-order valence-corrected chi connectivity index (χ2v) is 5.59. The molecule has 0 aliphatic carbocycles. The minimum Gasteiger partial charge on any atom is -0.454 e. The highest BCUT2D eigenvalue weighted by molar-refractivity contribution is 6.30. The van der Waals surface area contributed by atoms with Crippen LogP contribution in [0, 0.1) is 0 Å². The lowest BCUT2D eigenvalue weighted by atomic mass is 9.84. The molecule has 2 aliphatic rings. The van der Waals surface area contributed by atoms with E-state index in [4.69, 9.17) is 21.1 Å². The number of rotatable bonds is 1. The SMILES string of the molecule is O=C1C[C@H](c2cccc(Cl)c2)c2cc3c(cc2N1)OCO3. The molecule has 2 aromatic rings. The van der Waals surface area contributed by atoms with Crippen molar-refractivity contribution in [2.24, 2.45) is 0 Å². The van der Waals surface area contributed by atoms with E-state index in [9.17, 15) is 4.79 Å². The van der Waals surface area contributed by atoms with Crippen molar-refractivity contribution < 1.29 is 14.3 Å². The molecule has 1 atom stereocenters. The quantitative estimate of drug-likeness (QED) is 0.876. The van der Waals surface area contributed by atoms with Crippen molar-refractivity contribution >= 4 is 23.2 Å². The van der Waals surface area contributed by atoms with Gasteiger partial charge in [-0.2, -0.15) is 0 Å². The standard InChI is InChI=1S/C16H12ClNO3/c17-10-3-1-2-9(4-10)11-6-16(19)18-13-7-15-14(5-12(11)13)20-8-21-15/h1-5,7,11H,6,8H2,(H,18,19)/t11-/m1/s1. The molecule has 0 saturated heterocycles. The summed E-state index contributed by atoms with van der Waals surface area (Å²) in [4.78, 5) is 12.0. The van der Waals surface area contributed by atoms with Gasteiger partial charge in [-0.15, -0.1) is 0 Å². The largest absolute Gasteiger partial charge is 0.454 e. The summed E-state index contributed by atoms with van der Waals surface area (Å²) < 4.78 is 10.8. The Bertz CT molecular complexity index is 744. The topological polar surface area (TPSA) is 47.6 Å². The maximum absolute atomic E-state index is 12.0. The summed E-state index contributed by atoms with van der Waals surface area (Å²) >= 11 is 6.08. The van der Waals surface area contributed by atoms with Crippen molar-refractivity contribution in [3.63, 3.8) is 0 Å². The van der Waals surface area contributed by atoms with E-state index in [0.717, 1.165) is 22.6 Å². The summed E-state index contributed by atoms with van der Waals surface area (Å²) in [5.74, 6) is 1.35. The van der Waals surface area contributed by atoms with Gasteiger partial charge in [-0.3, -0.25) is 4.79 Å². The molecular weight excluding hydrogens is 290 g/mol. The number of anilines is 1. The van der Waals surface area contributed by atoms with Crippen molar-refractivity contribution in [3.8, 4) is 11.5 Å². The van der Waals surface area contributed by atoms with E-state index in [1.165, 1.54) is 0 Å². The average molecular weight is 302 g/mol. The fourth-order valence-electron chi connectivity index (χ4n) is 2.87. The maximum Gasteiger partial charge on any atom is 0.231 e. The van der Waals surface area contributed by atoms with E-state index < -0.39 is 0 Å². The first-order valence-electron chi connectivity index (χ1n) is 6.69. The number of fused-ring (bicyclic) bond motifs is 2. The lowest BCUT2D eigenvalue weighted by Crippen LogP contribution is -2.23. The Labute approximate surface area is 126 Å². The third kappa shape index (κ3) is 2.12. The lowest BCUT2D eigenvalue weighted by Gasteiger charge is -2.26. The van der Waals surface area contributed by atoms with Crippen LogP contribution in [-0.2, 0) is 4.79 Å². The predicted molar refractivity (Wildman–Crippen MR) is 79.1 cm³/mol. The molecule has 0 radical (unpaired) electrons. The molecule has 0 spiro atoms. The zero-order valence-electron chi connectivity index (χ0n) is 11.1. The number of hydrogen-bond acceptors (Lipinski definition) is 3. The van der Waals surface area contributed by atoms with Gasteiger partial charge in [0, 0.05) is 29.1 Å². The summed E-state index contributed by atoms with van der Waals surface area (Å²) in [6, 6.07) is 11.4. The molecule has 0 fully saturated rings. The van der Waals surface area contributed by atoms with Crippen LogP contribution in [0.3, 0.4) is 0 Å². The third-order valence-electron chi connectivity index (χ3n) is 3.83. The molecule has 4 rings (SSSR count). The van der Waals surface area contributed by atoms with Crippen LogP contribution in [0.15, 0.2) is 36.4 Å². The van der Waals surface area contributed by atoms with Crippen LogP contribution >= 0.6 is 11.6 Å². The molecule has 1 N–H and O–H groups in total. The van der Waals surface area contributed by atoms with E-state index in [1.807, 2.05) is 36.4 Å². The van der Waals surface area contributed by atoms with E-state index in [1.54, 1.807) is 0 Å². The lowest BCUT2D eigenvalue weighted by molar-refractivity contribution is -0.116. The van der Waals surface area contributed by atoms with Crippen LogP contribution in [-0.4, -0.2) is 12.7 Å². The van der Waals surface area contributed by atoms with E-state index in [0.29, 0.717) is 17.2 Å². The monoisotopic (exact) mass is 301 g/mol. The smallest absolute Gasteiger partial charge is 0.231 e. The number of nitrogens with one attached hydrogen (secondary N) is 1. The van der Waals surface area contributed by atoms with E-state index in [2.05, 4.69) is 5.32 Å². The second kappa shape index (κ2) is 4.67. The van der Waals surface area contributed by atoms with Gasteiger partial charge in [0.1, 0.15) is 0 Å². The average Bonchev–Trinajstić information content (AvgIpc) is 2.91. The molecule has 0 bridgehead atoms. The highest BCUT2D eigenvalue weighted by Crippen LogP contribution is 2.44. The highest BCUT2D eigenvalue weighted by Gasteiger charge is 2.29. The van der Waals surface area contributed by atoms with Crippen molar-refractivity contribution in [2.75, 3.05) is 12.1 Å². The van der Waals surface area contributed by atoms with Crippen molar-refractivity contribution in [3.05, 3.63) is 52.5 Å². The molecule has 2 heterocycles. The number of hydrogen-bond donors (Lipinski definition) is 1. The molecule has 106 valence electrons. The summed E-state index contributed by atoms with van der Waals surface area (Å²) in [5, 5.41) is 3.56. The first-order chi connectivity index (χ1) is 10.2. The summed E-state index contributed by atoms with van der Waals surface area (Å²) in [7, 11) is 0. The number of halogens is 1. The van der Waals surface area contributed by atoms with Gasteiger partial charge in [0.2, 0.25) is 12.7 Å². The van der Waals surface area contributed by atoms with Crippen molar-refractivity contribution in [1.82, 2.24) is 0 Å². The molecule has 4 nitrogen and oxygen atoms in total. The van der Waals surface area contributed by atoms with Gasteiger partial charge in [-0.25, -0.2) is 0 Å². The van der Waals surface area contributed by atoms with Gasteiger partial charge in [0.15, 0.2) is 11.5 Å². The van der Waals surface area contributed by atoms with Gasteiger partial charge in [0.05, 0.1) is 0 Å². The highest BCUT2D eigenvalue weighted by atomic mass is 35.5. The molecule has 2 aliphatic heterocycles. The van der Waals surface area contributed by atoms with Gasteiger partial charge >= 0.3 is 0 Å². The predicted octanol–water partition coefficient (Wildman–Crippen LogP) is 3.54. The van der Waals surface area contributed by atoms with Crippen LogP contribution in [0.25, 0.3) is 0 Å². The van der Waals surface area contributed by atoms with Crippen LogP contribution in [0.2, 0.25) is 5.02 Å². The fraction of sp³-hybridized carbons (Fsp3) is 0.188. The first-order valence-corrected chi connectivity index (χ1v) is 7.07. The van der Waals surface area contributed by atoms with Crippen molar-refractivity contribution in [2.45, 2.75) is 12.3 Å². The van der Waals surface area contributed by atoms with Crippen LogP contribution in [0.1, 0.15) is 23.5 Å². The van der Waals surface area contributed by atoms with Crippen LogP contribution in [0.4, 0.5) is 5.69 Å². The van der Waals surface area contributed by atoms with Gasteiger partial charge in [0.25, 0.3) is 0 Å². The molecule has 21 heavy (non-hydrogen) atoms. The number of ether oxygens (including phenoxy) is 2. The van der Waals surface area contributed by atoms with Gasteiger partial charge in [-0.05, 0) is 29.3 Å². The van der Waals surface area contributed by atoms with Crippen molar-refractivity contribution in [1.29, 1.82) is 0 Å². The minimum atomic E-state index is -0.0260. The Morgan fingerprint density at radius 1 is 1.14 bits per heavy atom. The number of amides is 1. The fourth-order valence-corrected chi connectivity index (χ4v) is 3.07. The second-order valence-electron chi connectivity index (χ2n) is 5.15. The number of benzene rings is 2. The normalized spacial score (nSPS) is 19.1. The molecule has 0 aromatic heterocycles. The Morgan fingerprint density at radius 3 is 2.76 bits per heavy atom. The maximum atomic E-state index is 12.0. The zero-order valence-corrected chi connectivity index (χ0v) is 11.8. The molecule has 0 unspecified atom stereocenters. The summed E-state index contributed by atoms with van der Waals surface area (Å²) in [5.41, 5.74) is 2.83. The van der Waals surface area contributed by atoms with Crippen LogP contribution in [0.5, 0.6) is 11.5 Å². The minimum absolute atomic E-state index is 0.00802. The Balaban J connectivity index is 1.85. The molecular formula is C16H12ClNO3. The zero-order chi connectivity index (χ0) is 14.4. The Hall–Kier alpha value is -2.20. The van der Waals surface area contributed by atoms with Gasteiger partial charge in [-0.1, -0.05) is 23.7 Å². The summed E-state index contributed by atoms with van der Waals surface area (Å²) in [6.45, 7) is 0.216. The summed E-state index contributed by atoms with van der Waals surface area (Å²) in [6.07, 6.45) is 0.396. The number of carbonyl (C=O) groups excluding carboxylic acids is 1. The van der Waals surface area contributed by atoms with E-state index >= 15 is 0 Å². The van der Waals surface area contributed by atoms with Gasteiger partial charge < -0.3 is 14.8 Å².